The van der Waals surface area contributed by atoms with Gasteiger partial charge in [0.2, 0.25) is 0 Å². The highest BCUT2D eigenvalue weighted by Gasteiger charge is 2.33. The number of allylic oxidation sites excluding steroid dienone is 1. The third-order valence-electron chi connectivity index (χ3n) is 3.14. The number of carbonyl (C=O) groups is 1. The van der Waals surface area contributed by atoms with E-state index in [1.54, 1.807) is 13.0 Å². The third kappa shape index (κ3) is 3.41. The minimum absolute atomic E-state index is 0.0589. The molecule has 0 saturated heterocycles. The Morgan fingerprint density at radius 3 is 2.76 bits per heavy atom. The van der Waals surface area contributed by atoms with E-state index in [9.17, 15) is 14.9 Å². The van der Waals surface area contributed by atoms with Crippen LogP contribution in [0.5, 0.6) is 0 Å². The van der Waals surface area contributed by atoms with Gasteiger partial charge >= 0.3 is 0 Å². The standard InChI is InChI=1S/C14H13N3O3S/c1-8-6-10(4-5-12(8)17(19)20)16-14(21)11(7-15)13(18)9-2-3-9/h4-6,9,16,21H,2-3H2,1H3/i/hD. The third-order valence-corrected chi connectivity index (χ3v) is 3.47. The first-order valence-electron chi connectivity index (χ1n) is 6.73. The Hall–Kier alpha value is -2.33. The summed E-state index contributed by atoms with van der Waals surface area (Å²) >= 11 is 4.11. The van der Waals surface area contributed by atoms with Gasteiger partial charge in [-0.15, -0.1) is 12.6 Å². The van der Waals surface area contributed by atoms with Gasteiger partial charge in [-0.2, -0.15) is 5.26 Å². The summed E-state index contributed by atoms with van der Waals surface area (Å²) in [5.74, 6) is -0.452. The molecule has 1 aliphatic carbocycles. The number of aryl methyl sites for hydroxylation is 1. The summed E-state index contributed by atoms with van der Waals surface area (Å²) in [6.07, 6.45) is 1.50. The van der Waals surface area contributed by atoms with E-state index in [-0.39, 0.29) is 28.0 Å². The van der Waals surface area contributed by atoms with E-state index in [1.165, 1.54) is 18.2 Å². The predicted molar refractivity (Wildman–Crippen MR) is 80.8 cm³/mol. The summed E-state index contributed by atoms with van der Waals surface area (Å²) in [5, 5.41) is 20.7. The van der Waals surface area contributed by atoms with Gasteiger partial charge in [0.05, 0.1) is 9.95 Å². The van der Waals surface area contributed by atoms with Crippen molar-refractivity contribution in [3.8, 4) is 6.07 Å². The second-order valence-corrected chi connectivity index (χ2v) is 5.21. The molecule has 0 atom stereocenters. The van der Waals surface area contributed by atoms with Crippen LogP contribution >= 0.6 is 12.6 Å². The number of Topliss-reactive ketones (excluding diaryl/α,β-unsaturated/α-hetero) is 1. The maximum atomic E-state index is 12.0. The Kier molecular flexibility index (Phi) is 3.88. The lowest BCUT2D eigenvalue weighted by Crippen LogP contribution is -2.09. The number of ketones is 1. The van der Waals surface area contributed by atoms with Crippen LogP contribution in [-0.2, 0) is 4.79 Å². The van der Waals surface area contributed by atoms with E-state index in [2.05, 4.69) is 12.6 Å². The summed E-state index contributed by atoms with van der Waals surface area (Å²) in [6.45, 7) is 1.55. The first-order valence-corrected chi connectivity index (χ1v) is 6.73. The number of nitriles is 1. The number of nitro benzene ring substituents is 1. The molecule has 0 aliphatic heterocycles. The first-order chi connectivity index (χ1) is 10.4. The lowest BCUT2D eigenvalue weighted by molar-refractivity contribution is -0.385. The molecule has 0 amide bonds. The van der Waals surface area contributed by atoms with E-state index >= 15 is 0 Å². The smallest absolute Gasteiger partial charge is 0.272 e. The SMILES string of the molecule is [2H]N(C(S)=C(C#N)C(=O)C1CC1)c1ccc([N+](=O)[O-])c(C)c1. The molecule has 1 saturated carbocycles. The number of hydrogen-bond acceptors (Lipinski definition) is 6. The fourth-order valence-electron chi connectivity index (χ4n) is 1.86. The molecule has 0 bridgehead atoms. The molecule has 108 valence electrons. The Bertz CT molecular complexity index is 723. The Balaban J connectivity index is 2.35. The van der Waals surface area contributed by atoms with Gasteiger partial charge in [0.15, 0.2) is 7.20 Å². The lowest BCUT2D eigenvalue weighted by Gasteiger charge is -2.08. The molecule has 1 aliphatic rings. The summed E-state index contributed by atoms with van der Waals surface area (Å²) in [7, 11) is 0. The van der Waals surface area contributed by atoms with Crippen molar-refractivity contribution in [3.63, 3.8) is 0 Å². The van der Waals surface area contributed by atoms with E-state index in [0.29, 0.717) is 11.3 Å². The van der Waals surface area contributed by atoms with Gasteiger partial charge in [-0.05, 0) is 31.9 Å². The molecule has 0 heterocycles. The zero-order valence-corrected chi connectivity index (χ0v) is 12.1. The lowest BCUT2D eigenvalue weighted by atomic mass is 10.1. The average Bonchev–Trinajstić information content (AvgIpc) is 3.31. The summed E-state index contributed by atoms with van der Waals surface area (Å²) in [5.41, 5.74) is 0.464. The normalized spacial score (nSPS) is 15.6. The average molecular weight is 304 g/mol. The van der Waals surface area contributed by atoms with Crippen LogP contribution in [0, 0.1) is 34.3 Å². The van der Waals surface area contributed by atoms with Crippen molar-refractivity contribution in [1.82, 2.24) is 0 Å². The topological polar surface area (TPSA) is 96.0 Å². The molecule has 1 N–H and O–H groups in total. The monoisotopic (exact) mass is 304 g/mol. The van der Waals surface area contributed by atoms with Crippen LogP contribution in [0.4, 0.5) is 11.4 Å². The van der Waals surface area contributed by atoms with Gasteiger partial charge in [-0.3, -0.25) is 14.9 Å². The van der Waals surface area contributed by atoms with Crippen LogP contribution in [0.25, 0.3) is 0 Å². The van der Waals surface area contributed by atoms with Gasteiger partial charge in [-0.25, -0.2) is 0 Å². The number of nitrogens with one attached hydrogen (secondary N) is 1. The molecule has 0 unspecified atom stereocenters. The van der Waals surface area contributed by atoms with Crippen LogP contribution in [0.1, 0.15) is 18.4 Å². The van der Waals surface area contributed by atoms with Crippen molar-refractivity contribution in [2.45, 2.75) is 19.8 Å². The molecule has 0 spiro atoms. The number of carbonyl (C=O) groups excluding carboxylic acids is 1. The fourth-order valence-corrected chi connectivity index (χ4v) is 2.13. The number of hydrogen-bond donors (Lipinski definition) is 2. The zero-order chi connectivity index (χ0) is 16.4. The second-order valence-electron chi connectivity index (χ2n) is 4.79. The molecule has 6 nitrogen and oxygen atoms in total. The van der Waals surface area contributed by atoms with Crippen molar-refractivity contribution in [2.75, 3.05) is 5.31 Å². The predicted octanol–water partition coefficient (Wildman–Crippen LogP) is 2.96. The van der Waals surface area contributed by atoms with Gasteiger partial charge in [-0.1, -0.05) is 0 Å². The second kappa shape index (κ2) is 5.97. The molecule has 1 fully saturated rings. The van der Waals surface area contributed by atoms with Crippen LogP contribution in [0.15, 0.2) is 28.8 Å². The highest BCUT2D eigenvalue weighted by atomic mass is 32.1. The number of nitro groups is 1. The van der Waals surface area contributed by atoms with E-state index in [0.717, 1.165) is 18.2 Å². The van der Waals surface area contributed by atoms with Crippen LogP contribution < -0.4 is 5.31 Å². The van der Waals surface area contributed by atoms with Crippen molar-refractivity contribution in [1.29, 1.82) is 5.26 Å². The van der Waals surface area contributed by atoms with Crippen molar-refractivity contribution in [3.05, 3.63) is 44.5 Å². The van der Waals surface area contributed by atoms with Crippen LogP contribution in [0.3, 0.4) is 0 Å². The molecule has 0 aromatic heterocycles. The summed E-state index contributed by atoms with van der Waals surface area (Å²) < 4.78 is 8.01. The Morgan fingerprint density at radius 1 is 1.62 bits per heavy atom. The minimum atomic E-state index is -0.512. The Morgan fingerprint density at radius 2 is 2.29 bits per heavy atom. The molecule has 2 rings (SSSR count). The van der Waals surface area contributed by atoms with E-state index < -0.39 is 4.92 Å². The van der Waals surface area contributed by atoms with Gasteiger partial charge in [0.1, 0.15) is 11.6 Å². The fraction of sp³-hybridized carbons (Fsp3) is 0.286. The number of rotatable bonds is 5. The van der Waals surface area contributed by atoms with E-state index in [4.69, 9.17) is 6.67 Å². The minimum Gasteiger partial charge on any atom is -0.349 e. The van der Waals surface area contributed by atoms with Gasteiger partial charge < -0.3 is 5.31 Å². The Labute approximate surface area is 128 Å². The molecule has 21 heavy (non-hydrogen) atoms. The maximum absolute atomic E-state index is 12.0. The molecule has 1 aromatic rings. The summed E-state index contributed by atoms with van der Waals surface area (Å²) in [6, 6.07) is 5.90. The zero-order valence-electron chi connectivity index (χ0n) is 12.2. The molecular weight excluding hydrogens is 290 g/mol. The molecule has 1 aromatic carbocycles. The number of benzene rings is 1. The summed E-state index contributed by atoms with van der Waals surface area (Å²) in [4.78, 5) is 22.3. The number of anilines is 1. The maximum Gasteiger partial charge on any atom is 0.272 e. The van der Waals surface area contributed by atoms with Crippen molar-refractivity contribution < 1.29 is 11.1 Å². The highest BCUT2D eigenvalue weighted by molar-refractivity contribution is 7.84. The molecular formula is C14H13N3O3S. The van der Waals surface area contributed by atoms with Gasteiger partial charge in [0, 0.05) is 23.2 Å². The van der Waals surface area contributed by atoms with Crippen molar-refractivity contribution in [2.24, 2.45) is 5.92 Å². The molecule has 7 heteroatoms. The van der Waals surface area contributed by atoms with E-state index in [1.807, 2.05) is 0 Å². The highest BCUT2D eigenvalue weighted by Crippen LogP contribution is 2.33. The van der Waals surface area contributed by atoms with Crippen LogP contribution in [0.2, 0.25) is 1.41 Å². The number of nitrogens with zero attached hydrogens (tertiary/aromatic N) is 2. The largest absolute Gasteiger partial charge is 0.349 e. The quantitative estimate of drug-likeness (QED) is 0.287. The van der Waals surface area contributed by atoms with Crippen LogP contribution in [-0.4, -0.2) is 10.7 Å². The number of thiol groups is 1. The molecule has 0 radical (unpaired) electrons. The van der Waals surface area contributed by atoms with Crippen molar-refractivity contribution >= 4 is 29.8 Å². The van der Waals surface area contributed by atoms with Gasteiger partial charge in [0.25, 0.3) is 5.69 Å². The first kappa shape index (κ1) is 13.6.